The maximum absolute atomic E-state index is 6.73. The van der Waals surface area contributed by atoms with Crippen LogP contribution in [0.3, 0.4) is 0 Å². The molecule has 0 bridgehead atoms. The maximum atomic E-state index is 6.73. The van der Waals surface area contributed by atoms with Gasteiger partial charge in [-0.05, 0) is 269 Å². The smallest absolute Gasteiger partial charge is 0.405 e. The van der Waals surface area contributed by atoms with E-state index in [9.17, 15) is 0 Å². The predicted octanol–water partition coefficient (Wildman–Crippen LogP) is 24.9. The molecule has 510 valence electrons. The molecule has 3 heterocycles. The minimum Gasteiger partial charge on any atom is -0.405 e. The zero-order valence-electron chi connectivity index (χ0n) is 61.1. The minimum absolute atomic E-state index is 0.360. The molecule has 16 aromatic rings. The summed E-state index contributed by atoms with van der Waals surface area (Å²) in [6, 6.07) is 102. The van der Waals surface area contributed by atoms with Crippen LogP contribution in [0, 0.1) is 0 Å². The monoisotopic (exact) mass is 1420 g/mol. The van der Waals surface area contributed by atoms with Crippen molar-refractivity contribution in [2.75, 3.05) is 0 Å². The normalized spacial score (nSPS) is 17.1. The molecular formula is C94H82B3BrO6. The number of fused-ring (bicyclic) bond motifs is 10. The maximum Gasteiger partial charge on any atom is 0.496 e. The van der Waals surface area contributed by atoms with Gasteiger partial charge in [-0.2, -0.15) is 0 Å². The summed E-state index contributed by atoms with van der Waals surface area (Å²) in [6.07, 6.45) is 0. The zero-order valence-corrected chi connectivity index (χ0v) is 62.7. The SMILES string of the molecule is Brc1c2ccccc2c(-c2c3ccccc3c(-c3ccc4ccccc4c3)c3ccccc23)c2ccccc12.CC1(C)OB(B2OC(C)(C)C(C)(C)O2)OC1(C)C.CC1(C)OB(c2c3ccccc3c(-c3c4ccccc4c(-c4ccc5ccccc5c4)c4ccccc34)c3ccccc23)OC1(C)C. The third kappa shape index (κ3) is 11.2. The molecule has 19 rings (SSSR count). The van der Waals surface area contributed by atoms with Gasteiger partial charge in [-0.25, -0.2) is 0 Å². The number of benzene rings is 16. The third-order valence-electron chi connectivity index (χ3n) is 23.5. The topological polar surface area (TPSA) is 55.4 Å². The van der Waals surface area contributed by atoms with E-state index in [0.717, 1.165) is 20.7 Å². The second-order valence-electron chi connectivity index (χ2n) is 31.3. The van der Waals surface area contributed by atoms with E-state index in [2.05, 4.69) is 323 Å². The van der Waals surface area contributed by atoms with E-state index >= 15 is 0 Å². The Morgan fingerprint density at radius 1 is 0.212 bits per heavy atom. The molecule has 0 aliphatic carbocycles. The molecule has 104 heavy (non-hydrogen) atoms. The summed E-state index contributed by atoms with van der Waals surface area (Å²) in [5.41, 5.74) is 8.91. The van der Waals surface area contributed by atoms with Crippen molar-refractivity contribution in [1.29, 1.82) is 0 Å². The standard InChI is InChI=1S/C44H35BO2.C38H23Br.C12H24B2O4/c1-43(2)44(3,4)47-45(46-43)42-37-23-13-11-21-35(37)41(36-22-12-14-24-38(36)42)40-33-19-9-7-17-31(33)39(32-18-8-10-20-34(32)40)30-26-25-28-15-5-6-16-29(28)27-30;39-38-33-19-9-7-17-31(33)37(32-18-8-10-20-34(32)38)36-29-15-5-3-13-27(29)35(28-14-4-6-16-30(28)36)26-22-21-24-11-1-2-12-25(24)23-26;1-9(2)10(3,4)16-13(15-9)14-17-11(5,6)12(7,8)18-14/h5-27H,1-4H3;1-23H;1-8H3. The van der Waals surface area contributed by atoms with E-state index in [4.69, 9.17) is 27.9 Å². The fraction of sp³-hybridized carbons (Fsp3) is 0.191. The Morgan fingerprint density at radius 3 is 0.692 bits per heavy atom. The molecule has 0 N–H and O–H groups in total. The lowest BCUT2D eigenvalue weighted by Gasteiger charge is -2.32. The summed E-state index contributed by atoms with van der Waals surface area (Å²) in [7, 11) is -1.43. The number of halogens is 1. The van der Waals surface area contributed by atoms with E-state index in [-0.39, 0.29) is 22.4 Å². The summed E-state index contributed by atoms with van der Waals surface area (Å²) in [5, 5.41) is 24.8. The zero-order chi connectivity index (χ0) is 71.8. The van der Waals surface area contributed by atoms with Crippen LogP contribution in [0.25, 0.3) is 152 Å². The van der Waals surface area contributed by atoms with Crippen LogP contribution in [0.2, 0.25) is 0 Å². The van der Waals surface area contributed by atoms with Gasteiger partial charge in [-0.15, -0.1) is 0 Å². The fourth-order valence-electron chi connectivity index (χ4n) is 16.1. The highest BCUT2D eigenvalue weighted by molar-refractivity contribution is 9.10. The second kappa shape index (κ2) is 25.4. The van der Waals surface area contributed by atoms with Crippen molar-refractivity contribution in [3.8, 4) is 44.5 Å². The highest BCUT2D eigenvalue weighted by Crippen LogP contribution is 2.52. The molecule has 0 saturated carbocycles. The molecule has 0 radical (unpaired) electrons. The van der Waals surface area contributed by atoms with E-state index in [1.807, 2.05) is 55.4 Å². The molecule has 0 aromatic heterocycles. The van der Waals surface area contributed by atoms with Gasteiger partial charge in [0.05, 0.1) is 33.6 Å². The first kappa shape index (κ1) is 67.7. The Bertz CT molecular complexity index is 5850. The fourth-order valence-corrected chi connectivity index (χ4v) is 16.8. The first-order valence-electron chi connectivity index (χ1n) is 36.4. The van der Waals surface area contributed by atoms with Gasteiger partial charge in [-0.1, -0.05) is 267 Å². The van der Waals surface area contributed by atoms with E-state index in [0.29, 0.717) is 0 Å². The van der Waals surface area contributed by atoms with E-state index in [1.165, 1.54) is 141 Å². The van der Waals surface area contributed by atoms with Gasteiger partial charge in [0.2, 0.25) is 0 Å². The molecule has 3 aliphatic rings. The van der Waals surface area contributed by atoms with Crippen LogP contribution in [0.5, 0.6) is 0 Å². The third-order valence-corrected chi connectivity index (χ3v) is 24.4. The average Bonchev–Trinajstić information content (AvgIpc) is 1.28. The lowest BCUT2D eigenvalue weighted by Crippen LogP contribution is -2.41. The van der Waals surface area contributed by atoms with Crippen LogP contribution in [-0.4, -0.2) is 54.7 Å². The molecule has 3 saturated heterocycles. The lowest BCUT2D eigenvalue weighted by atomic mass is 9.49. The molecule has 16 aromatic carbocycles. The molecular weight excluding hydrogens is 1340 g/mol. The van der Waals surface area contributed by atoms with Crippen molar-refractivity contribution in [2.24, 2.45) is 0 Å². The van der Waals surface area contributed by atoms with Crippen molar-refractivity contribution >= 4 is 150 Å². The molecule has 0 atom stereocenters. The van der Waals surface area contributed by atoms with Crippen molar-refractivity contribution in [1.82, 2.24) is 0 Å². The second-order valence-corrected chi connectivity index (χ2v) is 32.1. The van der Waals surface area contributed by atoms with Gasteiger partial charge < -0.3 is 27.9 Å². The molecule has 10 heteroatoms. The van der Waals surface area contributed by atoms with Crippen LogP contribution in [0.15, 0.2) is 284 Å². The van der Waals surface area contributed by atoms with Crippen molar-refractivity contribution in [2.45, 2.75) is 117 Å². The highest BCUT2D eigenvalue weighted by atomic mass is 79.9. The van der Waals surface area contributed by atoms with Gasteiger partial charge in [-0.3, -0.25) is 0 Å². The van der Waals surface area contributed by atoms with Crippen molar-refractivity contribution < 1.29 is 27.9 Å². The summed E-state index contributed by atoms with van der Waals surface area (Å²) < 4.78 is 38.5. The molecule has 0 unspecified atom stereocenters. The highest BCUT2D eigenvalue weighted by Gasteiger charge is 2.64. The first-order valence-corrected chi connectivity index (χ1v) is 37.2. The quantitative estimate of drug-likeness (QED) is 0.122. The van der Waals surface area contributed by atoms with Crippen LogP contribution in [0.1, 0.15) is 83.1 Å². The van der Waals surface area contributed by atoms with Crippen LogP contribution in [0.4, 0.5) is 0 Å². The van der Waals surface area contributed by atoms with Crippen LogP contribution >= 0.6 is 15.9 Å². The van der Waals surface area contributed by atoms with Gasteiger partial charge in [0.1, 0.15) is 0 Å². The van der Waals surface area contributed by atoms with Gasteiger partial charge in [0.15, 0.2) is 0 Å². The molecule has 6 nitrogen and oxygen atoms in total. The van der Waals surface area contributed by atoms with Crippen molar-refractivity contribution in [3.05, 3.63) is 284 Å². The Labute approximate surface area is 618 Å². The molecule has 3 fully saturated rings. The largest absolute Gasteiger partial charge is 0.496 e. The van der Waals surface area contributed by atoms with Gasteiger partial charge in [0.25, 0.3) is 0 Å². The van der Waals surface area contributed by atoms with E-state index in [1.54, 1.807) is 0 Å². The number of hydrogen-bond donors (Lipinski definition) is 0. The molecule has 3 aliphatic heterocycles. The van der Waals surface area contributed by atoms with Gasteiger partial charge >= 0.3 is 21.1 Å². The summed E-state index contributed by atoms with van der Waals surface area (Å²) >= 11 is 3.95. The van der Waals surface area contributed by atoms with Crippen LogP contribution in [-0.2, 0) is 27.9 Å². The van der Waals surface area contributed by atoms with Crippen LogP contribution < -0.4 is 5.46 Å². The summed E-state index contributed by atoms with van der Waals surface area (Å²) in [5.74, 6) is 0. The Morgan fingerprint density at radius 2 is 0.413 bits per heavy atom. The average molecular weight is 1420 g/mol. The lowest BCUT2D eigenvalue weighted by molar-refractivity contribution is 0.00578. The molecule has 0 spiro atoms. The Kier molecular flexibility index (Phi) is 16.6. The Hall–Kier alpha value is -9.45. The van der Waals surface area contributed by atoms with Gasteiger partial charge in [0, 0.05) is 4.47 Å². The Balaban J connectivity index is 0.000000126. The molecule has 0 amide bonds. The predicted molar refractivity (Wildman–Crippen MR) is 445 cm³/mol. The summed E-state index contributed by atoms with van der Waals surface area (Å²) in [6.45, 7) is 24.7. The van der Waals surface area contributed by atoms with Crippen molar-refractivity contribution in [3.63, 3.8) is 0 Å². The summed E-state index contributed by atoms with van der Waals surface area (Å²) in [4.78, 5) is 0. The van der Waals surface area contributed by atoms with E-state index < -0.39 is 32.3 Å². The number of hydrogen-bond acceptors (Lipinski definition) is 6. The number of rotatable bonds is 6. The first-order chi connectivity index (χ1) is 50.0. The minimum atomic E-state index is -0.479.